The van der Waals surface area contributed by atoms with Crippen molar-refractivity contribution in [3.05, 3.63) is 61.7 Å². The molecule has 18 heavy (non-hydrogen) atoms. The Bertz CT molecular complexity index is 690. The highest BCUT2D eigenvalue weighted by Crippen LogP contribution is 2.14. The molecule has 0 bridgehead atoms. The molecule has 2 rings (SSSR count). The van der Waals surface area contributed by atoms with E-state index < -0.39 is 0 Å². The van der Waals surface area contributed by atoms with Crippen molar-refractivity contribution in [3.8, 4) is 6.07 Å². The molecule has 0 aliphatic carbocycles. The summed E-state index contributed by atoms with van der Waals surface area (Å²) < 4.78 is 1.66. The van der Waals surface area contributed by atoms with E-state index in [1.54, 1.807) is 18.2 Å². The molecule has 0 aliphatic heterocycles. The van der Waals surface area contributed by atoms with Gasteiger partial charge in [-0.3, -0.25) is 9.36 Å². The predicted molar refractivity (Wildman–Crippen MR) is 71.5 cm³/mol. The second-order valence-electron chi connectivity index (χ2n) is 3.59. The SMILES string of the molecule is N#Cc1cccc(Cn2cnc(Cl)c(Br)c2=O)c1. The molecule has 0 unspecified atom stereocenters. The summed E-state index contributed by atoms with van der Waals surface area (Å²) in [5, 5.41) is 8.95. The van der Waals surface area contributed by atoms with Crippen LogP contribution in [0.5, 0.6) is 0 Å². The second-order valence-corrected chi connectivity index (χ2v) is 4.75. The molecule has 0 aliphatic rings. The van der Waals surface area contributed by atoms with Gasteiger partial charge in [0.05, 0.1) is 24.5 Å². The smallest absolute Gasteiger partial charge is 0.269 e. The maximum absolute atomic E-state index is 11.9. The Morgan fingerprint density at radius 3 is 3.00 bits per heavy atom. The van der Waals surface area contributed by atoms with Crippen molar-refractivity contribution in [1.29, 1.82) is 5.26 Å². The molecule has 0 saturated heterocycles. The molecule has 2 aromatic rings. The van der Waals surface area contributed by atoms with E-state index in [0.717, 1.165) is 5.56 Å². The number of halogens is 2. The Balaban J connectivity index is 2.38. The number of nitrogens with zero attached hydrogens (tertiary/aromatic N) is 3. The predicted octanol–water partition coefficient (Wildman–Crippen LogP) is 2.58. The van der Waals surface area contributed by atoms with E-state index in [1.807, 2.05) is 6.07 Å². The Kier molecular flexibility index (Phi) is 3.80. The minimum Gasteiger partial charge on any atom is -0.294 e. The first-order valence-electron chi connectivity index (χ1n) is 5.01. The van der Waals surface area contributed by atoms with Crippen LogP contribution in [-0.4, -0.2) is 9.55 Å². The molecule has 0 atom stereocenters. The number of nitriles is 1. The maximum Gasteiger partial charge on any atom is 0.269 e. The van der Waals surface area contributed by atoms with E-state index in [4.69, 9.17) is 16.9 Å². The molecule has 0 spiro atoms. The summed E-state index contributed by atoms with van der Waals surface area (Å²) in [5.74, 6) is 0. The monoisotopic (exact) mass is 323 g/mol. The van der Waals surface area contributed by atoms with Crippen LogP contribution in [0.4, 0.5) is 0 Å². The maximum atomic E-state index is 11.9. The molecule has 1 aromatic carbocycles. The highest BCUT2D eigenvalue weighted by molar-refractivity contribution is 9.10. The van der Waals surface area contributed by atoms with E-state index >= 15 is 0 Å². The molecule has 6 heteroatoms. The van der Waals surface area contributed by atoms with Crippen molar-refractivity contribution in [1.82, 2.24) is 9.55 Å². The van der Waals surface area contributed by atoms with Gasteiger partial charge >= 0.3 is 0 Å². The van der Waals surface area contributed by atoms with Gasteiger partial charge in [0, 0.05) is 0 Å². The molecular formula is C12H7BrClN3O. The first kappa shape index (κ1) is 12.8. The highest BCUT2D eigenvalue weighted by atomic mass is 79.9. The van der Waals surface area contributed by atoms with Crippen molar-refractivity contribution < 1.29 is 0 Å². The van der Waals surface area contributed by atoms with Crippen molar-refractivity contribution in [2.45, 2.75) is 6.54 Å². The van der Waals surface area contributed by atoms with Crippen LogP contribution < -0.4 is 5.56 Å². The second kappa shape index (κ2) is 5.34. The van der Waals surface area contributed by atoms with Gasteiger partial charge in [-0.25, -0.2) is 4.98 Å². The lowest BCUT2D eigenvalue weighted by atomic mass is 10.1. The number of rotatable bonds is 2. The van der Waals surface area contributed by atoms with Gasteiger partial charge in [0.1, 0.15) is 4.47 Å². The fraction of sp³-hybridized carbons (Fsp3) is 0.0833. The summed E-state index contributed by atoms with van der Waals surface area (Å²) in [6.07, 6.45) is 1.38. The van der Waals surface area contributed by atoms with Gasteiger partial charge in [-0.05, 0) is 33.6 Å². The van der Waals surface area contributed by atoms with Crippen LogP contribution in [0, 0.1) is 11.3 Å². The third-order valence-corrected chi connectivity index (χ3v) is 3.58. The zero-order valence-electron chi connectivity index (χ0n) is 9.10. The van der Waals surface area contributed by atoms with Crippen molar-refractivity contribution in [2.24, 2.45) is 0 Å². The van der Waals surface area contributed by atoms with Gasteiger partial charge in [-0.15, -0.1) is 0 Å². The molecule has 1 aromatic heterocycles. The van der Waals surface area contributed by atoms with Crippen LogP contribution in [-0.2, 0) is 6.54 Å². The Hall–Kier alpha value is -1.64. The minimum absolute atomic E-state index is 0.141. The van der Waals surface area contributed by atoms with E-state index in [2.05, 4.69) is 27.0 Å². The van der Waals surface area contributed by atoms with Gasteiger partial charge < -0.3 is 0 Å². The van der Waals surface area contributed by atoms with Crippen LogP contribution in [0.15, 0.2) is 39.9 Å². The zero-order chi connectivity index (χ0) is 13.1. The normalized spacial score (nSPS) is 10.1. The lowest BCUT2D eigenvalue weighted by Gasteiger charge is -2.06. The number of aromatic nitrogens is 2. The number of benzene rings is 1. The standard InChI is InChI=1S/C12H7BrClN3O/c13-10-11(14)16-7-17(12(10)18)6-9-3-1-2-8(4-9)5-15/h1-4,7H,6H2. The van der Waals surface area contributed by atoms with E-state index in [1.165, 1.54) is 10.9 Å². The lowest BCUT2D eigenvalue weighted by Crippen LogP contribution is -2.21. The summed E-state index contributed by atoms with van der Waals surface area (Å²) in [6, 6.07) is 9.11. The lowest BCUT2D eigenvalue weighted by molar-refractivity contribution is 0.731. The van der Waals surface area contributed by atoms with Gasteiger partial charge in [0.2, 0.25) is 0 Å². The number of hydrogen-bond acceptors (Lipinski definition) is 3. The van der Waals surface area contributed by atoms with E-state index in [-0.39, 0.29) is 15.2 Å². The zero-order valence-corrected chi connectivity index (χ0v) is 11.4. The van der Waals surface area contributed by atoms with Crippen LogP contribution in [0.2, 0.25) is 5.15 Å². The van der Waals surface area contributed by atoms with Gasteiger partial charge in [0.25, 0.3) is 5.56 Å². The Morgan fingerprint density at radius 1 is 1.50 bits per heavy atom. The summed E-state index contributed by atoms with van der Waals surface area (Å²) >= 11 is 8.81. The van der Waals surface area contributed by atoms with Crippen LogP contribution in [0.25, 0.3) is 0 Å². The van der Waals surface area contributed by atoms with E-state index in [0.29, 0.717) is 12.1 Å². The molecule has 0 fully saturated rings. The van der Waals surface area contributed by atoms with Gasteiger partial charge in [0.15, 0.2) is 5.15 Å². The molecular weight excluding hydrogens is 318 g/mol. The van der Waals surface area contributed by atoms with Crippen molar-refractivity contribution in [2.75, 3.05) is 0 Å². The minimum atomic E-state index is -0.252. The van der Waals surface area contributed by atoms with Crippen LogP contribution in [0.3, 0.4) is 0 Å². The number of hydrogen-bond donors (Lipinski definition) is 0. The van der Waals surface area contributed by atoms with Crippen molar-refractivity contribution in [3.63, 3.8) is 0 Å². The van der Waals surface area contributed by atoms with Gasteiger partial charge in [-0.1, -0.05) is 23.7 Å². The summed E-state index contributed by atoms with van der Waals surface area (Å²) in [4.78, 5) is 15.8. The van der Waals surface area contributed by atoms with Crippen molar-refractivity contribution >= 4 is 27.5 Å². The molecule has 1 heterocycles. The first-order chi connectivity index (χ1) is 8.61. The third-order valence-electron chi connectivity index (χ3n) is 2.35. The molecule has 0 saturated carbocycles. The Labute approximate surface area is 117 Å². The topological polar surface area (TPSA) is 58.7 Å². The molecule has 4 nitrogen and oxygen atoms in total. The van der Waals surface area contributed by atoms with Gasteiger partial charge in [-0.2, -0.15) is 5.26 Å². The Morgan fingerprint density at radius 2 is 2.28 bits per heavy atom. The quantitative estimate of drug-likeness (QED) is 0.798. The molecule has 0 N–H and O–H groups in total. The summed E-state index contributed by atoms with van der Waals surface area (Å²) in [6.45, 7) is 0.344. The molecule has 0 amide bonds. The largest absolute Gasteiger partial charge is 0.294 e. The summed E-state index contributed by atoms with van der Waals surface area (Å²) in [5.41, 5.74) is 1.16. The van der Waals surface area contributed by atoms with E-state index in [9.17, 15) is 4.79 Å². The van der Waals surface area contributed by atoms with Crippen LogP contribution in [0.1, 0.15) is 11.1 Å². The third kappa shape index (κ3) is 2.61. The fourth-order valence-electron chi connectivity index (χ4n) is 1.49. The van der Waals surface area contributed by atoms with Crippen LogP contribution >= 0.6 is 27.5 Å². The highest BCUT2D eigenvalue weighted by Gasteiger charge is 2.07. The average Bonchev–Trinajstić information content (AvgIpc) is 2.40. The average molecular weight is 325 g/mol. The fourth-order valence-corrected chi connectivity index (χ4v) is 1.95. The molecule has 0 radical (unpaired) electrons. The first-order valence-corrected chi connectivity index (χ1v) is 6.18. The molecule has 90 valence electrons. The summed E-state index contributed by atoms with van der Waals surface area (Å²) in [7, 11) is 0.